The van der Waals surface area contributed by atoms with Gasteiger partial charge in [0.2, 0.25) is 15.9 Å². The molecule has 0 bridgehead atoms. The van der Waals surface area contributed by atoms with Crippen molar-refractivity contribution in [2.24, 2.45) is 5.73 Å². The Kier molecular flexibility index (Phi) is 4.76. The maximum Gasteiger partial charge on any atom is 0.241 e. The van der Waals surface area contributed by atoms with Gasteiger partial charge in [-0.25, -0.2) is 13.1 Å². The summed E-state index contributed by atoms with van der Waals surface area (Å²) in [6, 6.07) is 5.77. The summed E-state index contributed by atoms with van der Waals surface area (Å²) < 4.78 is 25.7. The number of amides is 1. The fraction of sp³-hybridized carbons (Fsp3) is 0.200. The first-order valence-corrected chi connectivity index (χ1v) is 6.86. The lowest BCUT2D eigenvalue weighted by atomic mass is 10.2. The second-order valence-corrected chi connectivity index (χ2v) is 5.59. The fourth-order valence-electron chi connectivity index (χ4n) is 1.13. The van der Waals surface area contributed by atoms with Gasteiger partial charge in [0.1, 0.15) is 4.99 Å². The van der Waals surface area contributed by atoms with Crippen molar-refractivity contribution in [3.8, 4) is 0 Å². The number of benzene rings is 1. The zero-order chi connectivity index (χ0) is 13.8. The van der Waals surface area contributed by atoms with Crippen LogP contribution in [0.2, 0.25) is 0 Å². The molecule has 1 aromatic rings. The van der Waals surface area contributed by atoms with Gasteiger partial charge in [-0.3, -0.25) is 4.79 Å². The molecule has 8 heteroatoms. The molecule has 0 aromatic heterocycles. The maximum absolute atomic E-state index is 11.8. The first-order chi connectivity index (χ1) is 8.36. The van der Waals surface area contributed by atoms with Gasteiger partial charge >= 0.3 is 0 Å². The highest BCUT2D eigenvalue weighted by Crippen LogP contribution is 2.10. The number of carbonyl (C=O) groups excluding carboxylic acids is 1. The normalized spacial score (nSPS) is 10.9. The second kappa shape index (κ2) is 5.89. The van der Waals surface area contributed by atoms with Crippen LogP contribution in [0.4, 0.5) is 0 Å². The Morgan fingerprint density at radius 2 is 1.89 bits per heavy atom. The van der Waals surface area contributed by atoms with Gasteiger partial charge in [-0.15, -0.1) is 0 Å². The minimum absolute atomic E-state index is 0.0476. The van der Waals surface area contributed by atoms with Crippen molar-refractivity contribution in [3.05, 3.63) is 29.8 Å². The van der Waals surface area contributed by atoms with E-state index in [-0.39, 0.29) is 16.4 Å². The molecular weight excluding hydrogens is 274 g/mol. The van der Waals surface area contributed by atoms with Crippen molar-refractivity contribution in [3.63, 3.8) is 0 Å². The zero-order valence-electron chi connectivity index (χ0n) is 9.64. The average molecular weight is 287 g/mol. The van der Waals surface area contributed by atoms with Gasteiger partial charge in [0.15, 0.2) is 0 Å². The predicted octanol–water partition coefficient (Wildman–Crippen LogP) is -0.655. The number of hydrogen-bond donors (Lipinski definition) is 3. The predicted molar refractivity (Wildman–Crippen MR) is 71.6 cm³/mol. The number of rotatable bonds is 5. The van der Waals surface area contributed by atoms with E-state index >= 15 is 0 Å². The Balaban J connectivity index is 2.85. The molecule has 0 atom stereocenters. The van der Waals surface area contributed by atoms with E-state index in [2.05, 4.69) is 10.0 Å². The molecule has 0 fully saturated rings. The number of nitrogens with one attached hydrogen (secondary N) is 2. The molecule has 4 N–H and O–H groups in total. The highest BCUT2D eigenvalue weighted by Gasteiger charge is 2.14. The minimum Gasteiger partial charge on any atom is -0.389 e. The van der Waals surface area contributed by atoms with Crippen LogP contribution in [0, 0.1) is 0 Å². The molecule has 1 rings (SSSR count). The van der Waals surface area contributed by atoms with E-state index in [9.17, 15) is 13.2 Å². The maximum atomic E-state index is 11.8. The molecule has 0 unspecified atom stereocenters. The standard InChI is InChI=1S/C10H13N3O3S2/c1-12-9(14)6-13-18(15,16)8-4-2-7(3-5-8)10(11)17/h2-5,13H,6H2,1H3,(H2,11,17)(H,12,14). The molecule has 0 spiro atoms. The molecular formula is C10H13N3O3S2. The first-order valence-electron chi connectivity index (χ1n) is 4.97. The highest BCUT2D eigenvalue weighted by atomic mass is 32.2. The lowest BCUT2D eigenvalue weighted by Gasteiger charge is -2.06. The van der Waals surface area contributed by atoms with E-state index in [1.54, 1.807) is 0 Å². The Hall–Kier alpha value is -1.51. The lowest BCUT2D eigenvalue weighted by Crippen LogP contribution is -2.35. The molecule has 0 heterocycles. The van der Waals surface area contributed by atoms with E-state index in [4.69, 9.17) is 18.0 Å². The second-order valence-electron chi connectivity index (χ2n) is 3.39. The number of sulfonamides is 1. The van der Waals surface area contributed by atoms with Gasteiger partial charge in [-0.2, -0.15) is 0 Å². The summed E-state index contributed by atoms with van der Waals surface area (Å²) in [5.41, 5.74) is 5.98. The molecule has 0 aliphatic rings. The van der Waals surface area contributed by atoms with Crippen LogP contribution in [-0.2, 0) is 14.8 Å². The number of carbonyl (C=O) groups is 1. The summed E-state index contributed by atoms with van der Waals surface area (Å²) in [7, 11) is -2.28. The summed E-state index contributed by atoms with van der Waals surface area (Å²) in [5.74, 6) is -0.418. The molecule has 0 aliphatic carbocycles. The molecule has 18 heavy (non-hydrogen) atoms. The summed E-state index contributed by atoms with van der Waals surface area (Å²) in [6.07, 6.45) is 0. The molecule has 0 saturated heterocycles. The quantitative estimate of drug-likeness (QED) is 0.624. The van der Waals surface area contributed by atoms with Crippen LogP contribution in [0.1, 0.15) is 5.56 Å². The third kappa shape index (κ3) is 3.76. The molecule has 1 amide bonds. The summed E-state index contributed by atoms with van der Waals surface area (Å²) >= 11 is 4.76. The van der Waals surface area contributed by atoms with Gasteiger partial charge in [0.05, 0.1) is 11.4 Å². The van der Waals surface area contributed by atoms with E-state index in [0.717, 1.165) is 0 Å². The van der Waals surface area contributed by atoms with Gasteiger partial charge in [0, 0.05) is 12.6 Å². The first kappa shape index (κ1) is 14.6. The van der Waals surface area contributed by atoms with Crippen LogP contribution in [-0.4, -0.2) is 32.9 Å². The van der Waals surface area contributed by atoms with Gasteiger partial charge in [0.25, 0.3) is 0 Å². The number of thiocarbonyl (C=S) groups is 1. The van der Waals surface area contributed by atoms with Crippen molar-refractivity contribution in [2.45, 2.75) is 4.90 Å². The van der Waals surface area contributed by atoms with Crippen LogP contribution in [0.15, 0.2) is 29.2 Å². The molecule has 0 saturated carbocycles. The average Bonchev–Trinajstić information content (AvgIpc) is 2.36. The van der Waals surface area contributed by atoms with Crippen LogP contribution in [0.3, 0.4) is 0 Å². The number of likely N-dealkylation sites (N-methyl/N-ethyl adjacent to an activating group) is 1. The molecule has 0 aliphatic heterocycles. The van der Waals surface area contributed by atoms with E-state index < -0.39 is 15.9 Å². The summed E-state index contributed by atoms with van der Waals surface area (Å²) in [6.45, 7) is -0.310. The molecule has 0 radical (unpaired) electrons. The van der Waals surface area contributed by atoms with Gasteiger partial charge in [-0.1, -0.05) is 24.4 Å². The third-order valence-corrected chi connectivity index (χ3v) is 3.80. The Morgan fingerprint density at radius 3 is 2.33 bits per heavy atom. The van der Waals surface area contributed by atoms with Crippen molar-refractivity contribution in [2.75, 3.05) is 13.6 Å². The zero-order valence-corrected chi connectivity index (χ0v) is 11.3. The van der Waals surface area contributed by atoms with E-state index in [0.29, 0.717) is 5.56 Å². The largest absolute Gasteiger partial charge is 0.389 e. The highest BCUT2D eigenvalue weighted by molar-refractivity contribution is 7.89. The van der Waals surface area contributed by atoms with Crippen molar-refractivity contribution >= 4 is 33.1 Å². The molecule has 6 nitrogen and oxygen atoms in total. The Morgan fingerprint density at radius 1 is 1.33 bits per heavy atom. The summed E-state index contributed by atoms with van der Waals surface area (Å²) in [5, 5.41) is 2.31. The van der Waals surface area contributed by atoms with Crippen molar-refractivity contribution < 1.29 is 13.2 Å². The Bertz CT molecular complexity index is 552. The van der Waals surface area contributed by atoms with E-state index in [1.807, 2.05) is 0 Å². The minimum atomic E-state index is -3.70. The molecule has 1 aromatic carbocycles. The monoisotopic (exact) mass is 287 g/mol. The third-order valence-electron chi connectivity index (χ3n) is 2.15. The topological polar surface area (TPSA) is 101 Å². The van der Waals surface area contributed by atoms with Crippen molar-refractivity contribution in [1.29, 1.82) is 0 Å². The van der Waals surface area contributed by atoms with E-state index in [1.165, 1.54) is 31.3 Å². The number of hydrogen-bond acceptors (Lipinski definition) is 4. The van der Waals surface area contributed by atoms with Gasteiger partial charge < -0.3 is 11.1 Å². The van der Waals surface area contributed by atoms with Crippen LogP contribution in [0.25, 0.3) is 0 Å². The van der Waals surface area contributed by atoms with Crippen LogP contribution in [0.5, 0.6) is 0 Å². The van der Waals surface area contributed by atoms with Crippen molar-refractivity contribution in [1.82, 2.24) is 10.0 Å². The SMILES string of the molecule is CNC(=O)CNS(=O)(=O)c1ccc(C(N)=S)cc1. The summed E-state index contributed by atoms with van der Waals surface area (Å²) in [4.78, 5) is 11.2. The molecule has 98 valence electrons. The van der Waals surface area contributed by atoms with Crippen LogP contribution < -0.4 is 15.8 Å². The van der Waals surface area contributed by atoms with Gasteiger partial charge in [-0.05, 0) is 12.1 Å². The fourth-order valence-corrected chi connectivity index (χ4v) is 2.25. The smallest absolute Gasteiger partial charge is 0.241 e. The lowest BCUT2D eigenvalue weighted by molar-refractivity contribution is -0.119. The number of nitrogens with two attached hydrogens (primary N) is 1. The van der Waals surface area contributed by atoms with Crippen LogP contribution >= 0.6 is 12.2 Å². The Labute approximate surface area is 111 Å².